The average molecular weight is 446 g/mol. The number of ether oxygens (including phenoxy) is 2. The van der Waals surface area contributed by atoms with Crippen molar-refractivity contribution in [1.82, 2.24) is 0 Å². The summed E-state index contributed by atoms with van der Waals surface area (Å²) >= 11 is 3.59. The van der Waals surface area contributed by atoms with Crippen LogP contribution in [0, 0.1) is 11.6 Å². The third-order valence-corrected chi connectivity index (χ3v) is 5.43. The molecule has 0 radical (unpaired) electrons. The van der Waals surface area contributed by atoms with Gasteiger partial charge in [-0.05, 0) is 59.5 Å². The highest BCUT2D eigenvalue weighted by Gasteiger charge is 2.18. The molecule has 0 bridgehead atoms. The Balaban J connectivity index is 1.62. The summed E-state index contributed by atoms with van der Waals surface area (Å²) in [6, 6.07) is 13.7. The third kappa shape index (κ3) is 3.56. The summed E-state index contributed by atoms with van der Waals surface area (Å²) in [5, 5.41) is 3.16. The lowest BCUT2D eigenvalue weighted by atomic mass is 10.00. The number of rotatable bonds is 5. The molecule has 3 aromatic carbocycles. The SMILES string of the molecule is CCc1cc(-c2cc3c(cc2Br)OCO3)ccc1NCc1c(F)cccc1F. The van der Waals surface area contributed by atoms with Crippen LogP contribution in [0.4, 0.5) is 14.5 Å². The number of halogens is 3. The molecule has 0 atom stereocenters. The normalized spacial score (nSPS) is 12.3. The van der Waals surface area contributed by atoms with Crippen LogP contribution < -0.4 is 14.8 Å². The summed E-state index contributed by atoms with van der Waals surface area (Å²) in [4.78, 5) is 0. The molecule has 0 saturated carbocycles. The van der Waals surface area contributed by atoms with Crippen LogP contribution in [0.15, 0.2) is 53.0 Å². The number of aryl methyl sites for hydroxylation is 1. The Morgan fingerprint density at radius 1 is 1.00 bits per heavy atom. The van der Waals surface area contributed by atoms with Gasteiger partial charge in [0.1, 0.15) is 11.6 Å². The van der Waals surface area contributed by atoms with Gasteiger partial charge in [0.15, 0.2) is 11.5 Å². The first-order valence-electron chi connectivity index (χ1n) is 8.96. The van der Waals surface area contributed by atoms with Crippen molar-refractivity contribution in [2.24, 2.45) is 0 Å². The topological polar surface area (TPSA) is 30.5 Å². The van der Waals surface area contributed by atoms with Crippen molar-refractivity contribution in [3.05, 3.63) is 75.8 Å². The molecule has 144 valence electrons. The van der Waals surface area contributed by atoms with Crippen LogP contribution in [0.1, 0.15) is 18.1 Å². The van der Waals surface area contributed by atoms with E-state index in [9.17, 15) is 8.78 Å². The average Bonchev–Trinajstić information content (AvgIpc) is 3.14. The van der Waals surface area contributed by atoms with Gasteiger partial charge >= 0.3 is 0 Å². The fourth-order valence-electron chi connectivity index (χ4n) is 3.25. The van der Waals surface area contributed by atoms with E-state index in [1.807, 2.05) is 31.2 Å². The van der Waals surface area contributed by atoms with E-state index in [-0.39, 0.29) is 18.9 Å². The van der Waals surface area contributed by atoms with Gasteiger partial charge in [0.05, 0.1) is 0 Å². The number of hydrogen-bond donors (Lipinski definition) is 1. The van der Waals surface area contributed by atoms with E-state index in [1.54, 1.807) is 0 Å². The second-order valence-corrected chi connectivity index (χ2v) is 7.32. The number of nitrogens with one attached hydrogen (secondary N) is 1. The first-order valence-corrected chi connectivity index (χ1v) is 9.75. The summed E-state index contributed by atoms with van der Waals surface area (Å²) in [5.41, 5.74) is 3.95. The number of fused-ring (bicyclic) bond motifs is 1. The molecular weight excluding hydrogens is 428 g/mol. The van der Waals surface area contributed by atoms with Crippen molar-refractivity contribution in [1.29, 1.82) is 0 Å². The van der Waals surface area contributed by atoms with E-state index in [2.05, 4.69) is 27.3 Å². The maximum absolute atomic E-state index is 13.9. The van der Waals surface area contributed by atoms with Gasteiger partial charge in [-0.15, -0.1) is 0 Å². The fraction of sp³-hybridized carbons (Fsp3) is 0.182. The lowest BCUT2D eigenvalue weighted by Crippen LogP contribution is -2.06. The van der Waals surface area contributed by atoms with Crippen molar-refractivity contribution < 1.29 is 18.3 Å². The van der Waals surface area contributed by atoms with Gasteiger partial charge in [-0.3, -0.25) is 0 Å². The molecule has 0 saturated heterocycles. The Kier molecular flexibility index (Phi) is 5.22. The zero-order chi connectivity index (χ0) is 19.7. The Bertz CT molecular complexity index is 1020. The molecule has 0 spiro atoms. The minimum absolute atomic E-state index is 0.0344. The minimum atomic E-state index is -0.550. The van der Waals surface area contributed by atoms with E-state index in [0.29, 0.717) is 5.75 Å². The highest BCUT2D eigenvalue weighted by molar-refractivity contribution is 9.10. The molecule has 1 aliphatic rings. The number of hydrogen-bond acceptors (Lipinski definition) is 3. The molecule has 0 amide bonds. The summed E-state index contributed by atoms with van der Waals surface area (Å²) < 4.78 is 39.5. The lowest BCUT2D eigenvalue weighted by molar-refractivity contribution is 0.174. The van der Waals surface area contributed by atoms with Crippen molar-refractivity contribution in [3.63, 3.8) is 0 Å². The maximum Gasteiger partial charge on any atom is 0.231 e. The molecule has 1 N–H and O–H groups in total. The molecule has 0 aromatic heterocycles. The second-order valence-electron chi connectivity index (χ2n) is 6.46. The van der Waals surface area contributed by atoms with Gasteiger partial charge in [0.25, 0.3) is 0 Å². The number of benzene rings is 3. The van der Waals surface area contributed by atoms with Crippen molar-refractivity contribution in [2.75, 3.05) is 12.1 Å². The summed E-state index contributed by atoms with van der Waals surface area (Å²) in [6.45, 7) is 2.35. The zero-order valence-electron chi connectivity index (χ0n) is 15.2. The predicted octanol–water partition coefficient (Wildman–Crippen LogP) is 6.30. The third-order valence-electron chi connectivity index (χ3n) is 4.78. The Labute approximate surface area is 170 Å². The van der Waals surface area contributed by atoms with Gasteiger partial charge in [-0.2, -0.15) is 0 Å². The monoisotopic (exact) mass is 445 g/mol. The molecule has 1 aliphatic heterocycles. The van der Waals surface area contributed by atoms with Crippen molar-refractivity contribution in [3.8, 4) is 22.6 Å². The predicted molar refractivity (Wildman–Crippen MR) is 109 cm³/mol. The zero-order valence-corrected chi connectivity index (χ0v) is 16.8. The van der Waals surface area contributed by atoms with Gasteiger partial charge in [-0.25, -0.2) is 8.78 Å². The molecule has 3 nitrogen and oxygen atoms in total. The van der Waals surface area contributed by atoms with E-state index < -0.39 is 11.6 Å². The summed E-state index contributed by atoms with van der Waals surface area (Å²) in [6.07, 6.45) is 0.776. The van der Waals surface area contributed by atoms with Crippen molar-refractivity contribution in [2.45, 2.75) is 19.9 Å². The Hall–Kier alpha value is -2.60. The van der Waals surface area contributed by atoms with Crippen LogP contribution in [-0.2, 0) is 13.0 Å². The lowest BCUT2D eigenvalue weighted by Gasteiger charge is -2.15. The molecule has 0 unspecified atom stereocenters. The van der Waals surface area contributed by atoms with Gasteiger partial charge in [0, 0.05) is 22.3 Å². The Morgan fingerprint density at radius 3 is 2.43 bits per heavy atom. The Morgan fingerprint density at radius 2 is 1.71 bits per heavy atom. The van der Waals surface area contributed by atoms with Crippen molar-refractivity contribution >= 4 is 21.6 Å². The van der Waals surface area contributed by atoms with Gasteiger partial charge < -0.3 is 14.8 Å². The molecular formula is C22H18BrF2NO2. The van der Waals surface area contributed by atoms with Crippen LogP contribution in [-0.4, -0.2) is 6.79 Å². The molecule has 6 heteroatoms. The van der Waals surface area contributed by atoms with E-state index >= 15 is 0 Å². The second kappa shape index (κ2) is 7.80. The molecule has 28 heavy (non-hydrogen) atoms. The van der Waals surface area contributed by atoms with E-state index in [1.165, 1.54) is 18.2 Å². The fourth-order valence-corrected chi connectivity index (χ4v) is 3.80. The first-order chi connectivity index (χ1) is 13.6. The van der Waals surface area contributed by atoms with Crippen LogP contribution in [0.5, 0.6) is 11.5 Å². The van der Waals surface area contributed by atoms with Crippen LogP contribution in [0.3, 0.4) is 0 Å². The molecule has 1 heterocycles. The molecule has 0 aliphatic carbocycles. The van der Waals surface area contributed by atoms with Crippen LogP contribution in [0.25, 0.3) is 11.1 Å². The largest absolute Gasteiger partial charge is 0.454 e. The maximum atomic E-state index is 13.9. The smallest absolute Gasteiger partial charge is 0.231 e. The minimum Gasteiger partial charge on any atom is -0.454 e. The van der Waals surface area contributed by atoms with Gasteiger partial charge in [-0.1, -0.05) is 35.0 Å². The highest BCUT2D eigenvalue weighted by atomic mass is 79.9. The molecule has 0 fully saturated rings. The summed E-state index contributed by atoms with van der Waals surface area (Å²) in [7, 11) is 0. The number of anilines is 1. The van der Waals surface area contributed by atoms with Crippen LogP contribution >= 0.6 is 15.9 Å². The van der Waals surface area contributed by atoms with Crippen LogP contribution in [0.2, 0.25) is 0 Å². The summed E-state index contributed by atoms with van der Waals surface area (Å²) in [5.74, 6) is 0.336. The highest BCUT2D eigenvalue weighted by Crippen LogP contribution is 2.41. The standard InChI is InChI=1S/C22H18BrF2NO2/c1-2-13-8-14(15-9-21-22(10-17(15)23)28-12-27-21)6-7-20(13)26-11-16-18(24)4-3-5-19(16)25/h3-10,26H,2,11-12H2,1H3. The quantitative estimate of drug-likeness (QED) is 0.499. The molecule has 4 rings (SSSR count). The molecule has 3 aromatic rings. The van der Waals surface area contributed by atoms with Gasteiger partial charge in [0.2, 0.25) is 6.79 Å². The van der Waals surface area contributed by atoms with E-state index in [0.717, 1.165) is 39.0 Å². The first kappa shape index (κ1) is 18.7. The van der Waals surface area contributed by atoms with E-state index in [4.69, 9.17) is 9.47 Å².